The van der Waals surface area contributed by atoms with Crippen LogP contribution >= 0.6 is 0 Å². The van der Waals surface area contributed by atoms with Crippen molar-refractivity contribution in [2.45, 2.75) is 57.9 Å². The lowest BCUT2D eigenvalue weighted by molar-refractivity contribution is -0.137. The number of hydrogen-bond acceptors (Lipinski definition) is 8. The molecule has 0 saturated carbocycles. The number of alkyl halides is 3. The van der Waals surface area contributed by atoms with Gasteiger partial charge in [-0.05, 0) is 51.1 Å². The van der Waals surface area contributed by atoms with E-state index in [1.165, 1.54) is 18.2 Å². The van der Waals surface area contributed by atoms with Crippen molar-refractivity contribution in [3.8, 4) is 12.1 Å². The van der Waals surface area contributed by atoms with Crippen molar-refractivity contribution in [3.05, 3.63) is 53.7 Å². The summed E-state index contributed by atoms with van der Waals surface area (Å²) in [6, 6.07) is 7.84. The van der Waals surface area contributed by atoms with Crippen molar-refractivity contribution in [2.75, 3.05) is 56.2 Å². The van der Waals surface area contributed by atoms with Crippen LogP contribution in [0.4, 0.5) is 24.7 Å². The maximum absolute atomic E-state index is 13.8. The maximum Gasteiger partial charge on any atom is 0.418 e. The molecule has 2 atom stereocenters. The lowest BCUT2D eigenvalue weighted by Crippen LogP contribution is -2.55. The number of nitriles is 1. The molecule has 0 bridgehead atoms. The van der Waals surface area contributed by atoms with Gasteiger partial charge in [-0.15, -0.1) is 0 Å². The number of likely N-dealkylation sites (tertiary alicyclic amines) is 1. The molecule has 0 aliphatic carbocycles. The third-order valence-corrected chi connectivity index (χ3v) is 8.22. The summed E-state index contributed by atoms with van der Waals surface area (Å²) in [5.41, 5.74) is 0.914. The Hall–Kier alpha value is -3.85. The van der Waals surface area contributed by atoms with Crippen LogP contribution in [0.3, 0.4) is 0 Å². The number of fused-ring (bicyclic) bond motifs is 1. The topological polar surface area (TPSA) is 88.8 Å². The number of ether oxygens (including phenoxy) is 1. The first-order valence-corrected chi connectivity index (χ1v) is 13.9. The molecule has 3 aliphatic rings. The molecule has 4 heterocycles. The molecular formula is C30H38F3N7O2. The van der Waals surface area contributed by atoms with Gasteiger partial charge in [0.25, 0.3) is 0 Å². The second-order valence-corrected chi connectivity index (χ2v) is 10.7. The van der Waals surface area contributed by atoms with Gasteiger partial charge in [-0.25, -0.2) is 0 Å². The number of rotatable bonds is 7. The summed E-state index contributed by atoms with van der Waals surface area (Å²) in [7, 11) is 2.05. The fourth-order valence-corrected chi connectivity index (χ4v) is 6.01. The molecule has 2 aromatic rings. The Bertz CT molecular complexity index is 1330. The molecule has 1 aromatic carbocycles. The predicted molar refractivity (Wildman–Crippen MR) is 154 cm³/mol. The molecule has 1 amide bonds. The average molecular weight is 586 g/mol. The first-order chi connectivity index (χ1) is 19.7. The standard InChI is InChI=1S/C29H34F3N7O2.CH4/c1-3-26(40)39-16-15-38(17-20(39)10-12-33)27-22-11-14-37(25-9-5-4-8-23(25)29(30,31)32)18-24(22)34-28(35-27)41-19-21-7-6-13-36(21)2;/h3-5,8-9,20-21H,1,6-7,10-11,13-19H2,2H3;1H4/t20?,21-;/m1./s1. The SMILES string of the molecule is C.C=CC(=O)N1CCN(c2nc(OC[C@H]3CCCN3C)nc3c2CCN(c2ccccc2C(F)(F)F)C3)CC1CC#N. The summed E-state index contributed by atoms with van der Waals surface area (Å²) < 4.78 is 47.6. The third-order valence-electron chi connectivity index (χ3n) is 8.22. The van der Waals surface area contributed by atoms with Gasteiger partial charge < -0.3 is 24.3 Å². The Balaban J connectivity index is 0.00000405. The van der Waals surface area contributed by atoms with E-state index < -0.39 is 11.7 Å². The first-order valence-electron chi connectivity index (χ1n) is 13.9. The van der Waals surface area contributed by atoms with E-state index in [0.29, 0.717) is 50.7 Å². The van der Waals surface area contributed by atoms with E-state index >= 15 is 0 Å². The molecule has 5 rings (SSSR count). The fraction of sp³-hybridized carbons (Fsp3) is 0.533. The zero-order chi connectivity index (χ0) is 29.1. The van der Waals surface area contributed by atoms with Crippen LogP contribution in [-0.4, -0.2) is 84.1 Å². The van der Waals surface area contributed by atoms with Crippen molar-refractivity contribution in [1.82, 2.24) is 19.8 Å². The Kier molecular flexibility index (Phi) is 9.61. The second-order valence-electron chi connectivity index (χ2n) is 10.7. The van der Waals surface area contributed by atoms with Crippen molar-refractivity contribution >= 4 is 17.4 Å². The van der Waals surface area contributed by atoms with Gasteiger partial charge in [0.15, 0.2) is 0 Å². The summed E-state index contributed by atoms with van der Waals surface area (Å²) in [5, 5.41) is 9.43. The maximum atomic E-state index is 13.8. The number of hydrogen-bond donors (Lipinski definition) is 0. The van der Waals surface area contributed by atoms with E-state index in [4.69, 9.17) is 14.7 Å². The summed E-state index contributed by atoms with van der Waals surface area (Å²) in [6.45, 7) is 6.79. The molecule has 0 radical (unpaired) electrons. The van der Waals surface area contributed by atoms with Gasteiger partial charge in [-0.1, -0.05) is 26.1 Å². The summed E-state index contributed by atoms with van der Waals surface area (Å²) >= 11 is 0. The number of benzene rings is 1. The van der Waals surface area contributed by atoms with Crippen LogP contribution in [0.25, 0.3) is 0 Å². The number of carbonyl (C=O) groups excluding carboxylic acids is 1. The molecule has 1 unspecified atom stereocenters. The van der Waals surface area contributed by atoms with Crippen molar-refractivity contribution < 1.29 is 22.7 Å². The molecule has 0 spiro atoms. The Morgan fingerprint density at radius 3 is 2.64 bits per heavy atom. The highest BCUT2D eigenvalue weighted by Gasteiger charge is 2.37. The lowest BCUT2D eigenvalue weighted by atomic mass is 10.0. The van der Waals surface area contributed by atoms with Gasteiger partial charge in [0.2, 0.25) is 5.91 Å². The molecule has 0 N–H and O–H groups in total. The van der Waals surface area contributed by atoms with Crippen molar-refractivity contribution in [2.24, 2.45) is 0 Å². The minimum absolute atomic E-state index is 0. The van der Waals surface area contributed by atoms with Crippen LogP contribution in [-0.2, 0) is 23.9 Å². The number of anilines is 2. The van der Waals surface area contributed by atoms with Gasteiger partial charge in [-0.3, -0.25) is 4.79 Å². The minimum atomic E-state index is -4.48. The van der Waals surface area contributed by atoms with Crippen molar-refractivity contribution in [1.29, 1.82) is 5.26 Å². The highest BCUT2D eigenvalue weighted by Crippen LogP contribution is 2.39. The van der Waals surface area contributed by atoms with Crippen LogP contribution in [0.2, 0.25) is 0 Å². The van der Waals surface area contributed by atoms with Gasteiger partial charge in [0.1, 0.15) is 12.4 Å². The van der Waals surface area contributed by atoms with Crippen LogP contribution in [0.15, 0.2) is 36.9 Å². The average Bonchev–Trinajstić information content (AvgIpc) is 3.39. The molecular weight excluding hydrogens is 547 g/mol. The van der Waals surface area contributed by atoms with Gasteiger partial charge in [0, 0.05) is 43.5 Å². The zero-order valence-corrected chi connectivity index (χ0v) is 23.1. The molecule has 42 heavy (non-hydrogen) atoms. The molecule has 3 aliphatic heterocycles. The monoisotopic (exact) mass is 585 g/mol. The zero-order valence-electron chi connectivity index (χ0n) is 23.1. The second kappa shape index (κ2) is 13.0. The number of amides is 1. The van der Waals surface area contributed by atoms with E-state index in [2.05, 4.69) is 24.6 Å². The van der Waals surface area contributed by atoms with Gasteiger partial charge in [-0.2, -0.15) is 28.4 Å². The summed E-state index contributed by atoms with van der Waals surface area (Å²) in [4.78, 5) is 29.6. The molecule has 2 saturated heterocycles. The highest BCUT2D eigenvalue weighted by molar-refractivity contribution is 5.87. The summed E-state index contributed by atoms with van der Waals surface area (Å²) in [6.07, 6.45) is -0.534. The summed E-state index contributed by atoms with van der Waals surface area (Å²) in [5.74, 6) is 0.431. The number of piperazine rings is 1. The third kappa shape index (κ3) is 6.46. The van der Waals surface area contributed by atoms with E-state index in [9.17, 15) is 23.2 Å². The first kappa shape index (κ1) is 31.1. The number of nitrogens with zero attached hydrogens (tertiary/aromatic N) is 7. The molecule has 2 fully saturated rings. The molecule has 12 heteroatoms. The van der Waals surface area contributed by atoms with E-state index in [-0.39, 0.29) is 50.1 Å². The van der Waals surface area contributed by atoms with Gasteiger partial charge in [0.05, 0.1) is 36.3 Å². The number of aromatic nitrogens is 2. The highest BCUT2D eigenvalue weighted by atomic mass is 19.4. The van der Waals surface area contributed by atoms with Crippen LogP contribution in [0.5, 0.6) is 6.01 Å². The minimum Gasteiger partial charge on any atom is -0.462 e. The predicted octanol–water partition coefficient (Wildman–Crippen LogP) is 4.28. The van der Waals surface area contributed by atoms with Gasteiger partial charge >= 0.3 is 12.2 Å². The fourth-order valence-electron chi connectivity index (χ4n) is 6.01. The number of para-hydroxylation sites is 1. The molecule has 9 nitrogen and oxygen atoms in total. The molecule has 226 valence electrons. The lowest BCUT2D eigenvalue weighted by Gasteiger charge is -2.42. The van der Waals surface area contributed by atoms with E-state index in [1.54, 1.807) is 15.9 Å². The van der Waals surface area contributed by atoms with Crippen LogP contribution in [0.1, 0.15) is 43.5 Å². The Morgan fingerprint density at radius 1 is 1.17 bits per heavy atom. The van der Waals surface area contributed by atoms with Crippen molar-refractivity contribution in [3.63, 3.8) is 0 Å². The van der Waals surface area contributed by atoms with E-state index in [0.717, 1.165) is 31.0 Å². The molecule has 1 aromatic heterocycles. The normalized spacial score (nSPS) is 20.9. The van der Waals surface area contributed by atoms with Crippen LogP contribution < -0.4 is 14.5 Å². The quantitative estimate of drug-likeness (QED) is 0.445. The number of halogens is 3. The number of carbonyl (C=O) groups is 1. The van der Waals surface area contributed by atoms with Crippen LogP contribution in [0, 0.1) is 11.3 Å². The largest absolute Gasteiger partial charge is 0.462 e. The van der Waals surface area contributed by atoms with E-state index in [1.807, 2.05) is 4.90 Å². The Morgan fingerprint density at radius 2 is 1.95 bits per heavy atom. The smallest absolute Gasteiger partial charge is 0.418 e. The number of likely N-dealkylation sites (N-methyl/N-ethyl adjacent to an activating group) is 1. The Labute approximate surface area is 245 Å².